The van der Waals surface area contributed by atoms with E-state index in [2.05, 4.69) is 5.32 Å². The van der Waals surface area contributed by atoms with Crippen LogP contribution in [0.3, 0.4) is 0 Å². The summed E-state index contributed by atoms with van der Waals surface area (Å²) in [4.78, 5) is 10.3. The quantitative estimate of drug-likeness (QED) is 0.539. The molecule has 4 heteroatoms. The molecule has 0 bridgehead atoms. The summed E-state index contributed by atoms with van der Waals surface area (Å²) in [6.45, 7) is 3.88. The minimum absolute atomic E-state index is 0.349. The van der Waals surface area contributed by atoms with Gasteiger partial charge in [0, 0.05) is 6.54 Å². The number of nitrogens with one attached hydrogen (secondary N) is 1. The number of carboxylic acids is 1. The fourth-order valence-corrected chi connectivity index (χ4v) is 0.835. The van der Waals surface area contributed by atoms with Crippen molar-refractivity contribution in [3.63, 3.8) is 0 Å². The number of carboxylic acid groups (broad SMARTS) is 1. The molecule has 2 unspecified atom stereocenters. The maximum atomic E-state index is 10.3. The fraction of sp³-hybridized carbons (Fsp3) is 0.875. The third kappa shape index (κ3) is 5.09. The topological polar surface area (TPSA) is 69.6 Å². The van der Waals surface area contributed by atoms with Crippen LogP contribution in [0.2, 0.25) is 0 Å². The molecule has 0 fully saturated rings. The fourth-order valence-electron chi connectivity index (χ4n) is 0.835. The highest BCUT2D eigenvalue weighted by atomic mass is 16.4. The van der Waals surface area contributed by atoms with Crippen LogP contribution in [-0.2, 0) is 4.79 Å². The monoisotopic (exact) mass is 175 g/mol. The van der Waals surface area contributed by atoms with Crippen LogP contribution in [0.5, 0.6) is 0 Å². The summed E-state index contributed by atoms with van der Waals surface area (Å²) in [6, 6.07) is -0.587. The summed E-state index contributed by atoms with van der Waals surface area (Å²) in [5.74, 6) is -0.890. The molecular weight excluding hydrogens is 158 g/mol. The Hall–Kier alpha value is -0.610. The van der Waals surface area contributed by atoms with E-state index in [0.717, 1.165) is 6.42 Å². The molecule has 0 aliphatic rings. The van der Waals surface area contributed by atoms with Gasteiger partial charge >= 0.3 is 5.97 Å². The number of aliphatic carboxylic acids is 1. The highest BCUT2D eigenvalue weighted by molar-refractivity contribution is 5.72. The van der Waals surface area contributed by atoms with Crippen LogP contribution in [0.1, 0.15) is 26.7 Å². The van der Waals surface area contributed by atoms with E-state index in [1.54, 1.807) is 6.92 Å². The van der Waals surface area contributed by atoms with Gasteiger partial charge in [-0.15, -0.1) is 0 Å². The number of hydrogen-bond donors (Lipinski definition) is 3. The van der Waals surface area contributed by atoms with Gasteiger partial charge in [0.15, 0.2) is 0 Å². The Labute approximate surface area is 72.6 Å². The van der Waals surface area contributed by atoms with Crippen molar-refractivity contribution in [2.75, 3.05) is 6.54 Å². The van der Waals surface area contributed by atoms with Crippen LogP contribution in [-0.4, -0.2) is 34.9 Å². The van der Waals surface area contributed by atoms with Crippen LogP contribution < -0.4 is 5.32 Å². The lowest BCUT2D eigenvalue weighted by atomic mass is 10.2. The van der Waals surface area contributed by atoms with Gasteiger partial charge in [-0.1, -0.05) is 13.3 Å². The lowest BCUT2D eigenvalue weighted by molar-refractivity contribution is -0.139. The second kappa shape index (κ2) is 5.97. The van der Waals surface area contributed by atoms with Crippen molar-refractivity contribution in [2.45, 2.75) is 38.8 Å². The minimum atomic E-state index is -0.890. The average Bonchev–Trinajstić information content (AvgIpc) is 2.00. The lowest BCUT2D eigenvalue weighted by Crippen LogP contribution is -2.38. The van der Waals surface area contributed by atoms with Crippen molar-refractivity contribution in [1.82, 2.24) is 5.32 Å². The first-order valence-electron chi connectivity index (χ1n) is 4.22. The Morgan fingerprint density at radius 1 is 1.58 bits per heavy atom. The lowest BCUT2D eigenvalue weighted by Gasteiger charge is -2.13. The maximum Gasteiger partial charge on any atom is 0.320 e. The predicted octanol–water partition coefficient (Wildman–Crippen LogP) is 0.210. The molecule has 0 aromatic rings. The van der Waals surface area contributed by atoms with Gasteiger partial charge in [0.2, 0.25) is 0 Å². The van der Waals surface area contributed by atoms with E-state index < -0.39 is 18.1 Å². The Kier molecular flexibility index (Phi) is 5.66. The molecule has 0 radical (unpaired) electrons. The van der Waals surface area contributed by atoms with Gasteiger partial charge in [0.05, 0.1) is 6.10 Å². The summed E-state index contributed by atoms with van der Waals surface area (Å²) in [5, 5.41) is 20.4. The smallest absolute Gasteiger partial charge is 0.320 e. The molecule has 0 aliphatic carbocycles. The molecule has 0 saturated carbocycles. The van der Waals surface area contributed by atoms with Crippen LogP contribution in [0.4, 0.5) is 0 Å². The van der Waals surface area contributed by atoms with Gasteiger partial charge in [-0.3, -0.25) is 4.79 Å². The molecule has 2 atom stereocenters. The van der Waals surface area contributed by atoms with E-state index in [1.165, 1.54) is 0 Å². The maximum absolute atomic E-state index is 10.3. The van der Waals surface area contributed by atoms with E-state index in [0.29, 0.717) is 13.0 Å². The van der Waals surface area contributed by atoms with Crippen molar-refractivity contribution in [3.05, 3.63) is 0 Å². The van der Waals surface area contributed by atoms with Gasteiger partial charge in [-0.05, 0) is 13.3 Å². The Bertz CT molecular complexity index is 138. The Morgan fingerprint density at radius 3 is 2.58 bits per heavy atom. The summed E-state index contributed by atoms with van der Waals surface area (Å²) < 4.78 is 0. The van der Waals surface area contributed by atoms with Gasteiger partial charge in [0.1, 0.15) is 6.04 Å². The molecule has 0 saturated heterocycles. The zero-order valence-corrected chi connectivity index (χ0v) is 7.58. The van der Waals surface area contributed by atoms with Gasteiger partial charge in [-0.25, -0.2) is 0 Å². The van der Waals surface area contributed by atoms with E-state index in [1.807, 2.05) is 6.92 Å². The van der Waals surface area contributed by atoms with Crippen LogP contribution >= 0.6 is 0 Å². The Morgan fingerprint density at radius 2 is 2.17 bits per heavy atom. The van der Waals surface area contributed by atoms with Crippen molar-refractivity contribution >= 4 is 5.97 Å². The minimum Gasteiger partial charge on any atom is -0.480 e. The third-order valence-electron chi connectivity index (χ3n) is 1.65. The van der Waals surface area contributed by atoms with Gasteiger partial charge in [0.25, 0.3) is 0 Å². The van der Waals surface area contributed by atoms with Crippen LogP contribution in [0.25, 0.3) is 0 Å². The third-order valence-corrected chi connectivity index (χ3v) is 1.65. The highest BCUT2D eigenvalue weighted by Gasteiger charge is 2.11. The molecule has 3 N–H and O–H groups in total. The van der Waals surface area contributed by atoms with E-state index in [9.17, 15) is 9.90 Å². The summed E-state index contributed by atoms with van der Waals surface area (Å²) in [7, 11) is 0. The molecule has 72 valence electrons. The van der Waals surface area contributed by atoms with Gasteiger partial charge in [-0.2, -0.15) is 0 Å². The van der Waals surface area contributed by atoms with E-state index in [-0.39, 0.29) is 0 Å². The van der Waals surface area contributed by atoms with Crippen molar-refractivity contribution in [3.8, 4) is 0 Å². The standard InChI is InChI=1S/C8H17NO3/c1-3-4-7(10)5-9-6(2)8(11)12/h6-7,9-10H,3-5H2,1-2H3,(H,11,12). The number of carbonyl (C=O) groups is 1. The molecule has 0 heterocycles. The van der Waals surface area contributed by atoms with Crippen molar-refractivity contribution in [1.29, 1.82) is 0 Å². The number of rotatable bonds is 6. The van der Waals surface area contributed by atoms with Crippen LogP contribution in [0, 0.1) is 0 Å². The first kappa shape index (κ1) is 11.4. The summed E-state index contributed by atoms with van der Waals surface area (Å²) >= 11 is 0. The number of aliphatic hydroxyl groups is 1. The molecule has 0 aromatic heterocycles. The van der Waals surface area contributed by atoms with Crippen molar-refractivity contribution in [2.24, 2.45) is 0 Å². The first-order valence-corrected chi connectivity index (χ1v) is 4.22. The predicted molar refractivity (Wildman–Crippen MR) is 46.0 cm³/mol. The molecule has 4 nitrogen and oxygen atoms in total. The average molecular weight is 175 g/mol. The van der Waals surface area contributed by atoms with Crippen LogP contribution in [0.15, 0.2) is 0 Å². The zero-order chi connectivity index (χ0) is 9.56. The van der Waals surface area contributed by atoms with Gasteiger partial charge < -0.3 is 15.5 Å². The highest BCUT2D eigenvalue weighted by Crippen LogP contribution is 1.94. The Balaban J connectivity index is 3.46. The molecule has 0 spiro atoms. The normalized spacial score (nSPS) is 15.6. The molecular formula is C8H17NO3. The number of aliphatic hydroxyl groups excluding tert-OH is 1. The van der Waals surface area contributed by atoms with Crippen molar-refractivity contribution < 1.29 is 15.0 Å². The SMILES string of the molecule is CCCC(O)CNC(C)C(=O)O. The zero-order valence-electron chi connectivity index (χ0n) is 7.58. The second-order valence-corrected chi connectivity index (χ2v) is 2.91. The molecule has 0 amide bonds. The largest absolute Gasteiger partial charge is 0.480 e. The molecule has 0 rings (SSSR count). The summed E-state index contributed by atoms with van der Waals surface area (Å²) in [5.41, 5.74) is 0. The number of hydrogen-bond acceptors (Lipinski definition) is 3. The second-order valence-electron chi connectivity index (χ2n) is 2.91. The summed E-state index contributed by atoms with van der Waals surface area (Å²) in [6.07, 6.45) is 1.18. The molecule has 0 aliphatic heterocycles. The van der Waals surface area contributed by atoms with E-state index >= 15 is 0 Å². The molecule has 0 aromatic carbocycles. The molecule has 12 heavy (non-hydrogen) atoms. The first-order chi connectivity index (χ1) is 5.57. The van der Waals surface area contributed by atoms with E-state index in [4.69, 9.17) is 5.11 Å².